The van der Waals surface area contributed by atoms with Crippen LogP contribution in [0.15, 0.2) is 41.6 Å². The van der Waals surface area contributed by atoms with Crippen molar-refractivity contribution in [2.45, 2.75) is 57.1 Å². The minimum atomic E-state index is -0.413. The molecule has 2 heterocycles. The van der Waals surface area contributed by atoms with E-state index in [-0.39, 0.29) is 11.7 Å². The predicted octanol–water partition coefficient (Wildman–Crippen LogP) is 5.10. The highest BCUT2D eigenvalue weighted by atomic mass is 32.2. The molecule has 0 spiro atoms. The van der Waals surface area contributed by atoms with E-state index in [1.807, 2.05) is 13.0 Å². The highest BCUT2D eigenvalue weighted by Gasteiger charge is 2.43. The van der Waals surface area contributed by atoms with Gasteiger partial charge in [0.1, 0.15) is 10.8 Å². The lowest BCUT2D eigenvalue weighted by molar-refractivity contribution is -0.113. The largest absolute Gasteiger partial charge is 0.462 e. The third-order valence-corrected chi connectivity index (χ3v) is 7.79. The Kier molecular flexibility index (Phi) is 7.49. The van der Waals surface area contributed by atoms with E-state index < -0.39 is 5.97 Å². The Balaban J connectivity index is 1.40. The van der Waals surface area contributed by atoms with Crippen molar-refractivity contribution in [1.82, 2.24) is 14.8 Å². The van der Waals surface area contributed by atoms with Crippen LogP contribution in [0.1, 0.15) is 65.7 Å². The number of aromatic nitrogens is 3. The van der Waals surface area contributed by atoms with Crippen LogP contribution in [0.5, 0.6) is 0 Å². The summed E-state index contributed by atoms with van der Waals surface area (Å²) < 4.78 is 7.24. The number of hydrogen-bond acceptors (Lipinski definition) is 7. The van der Waals surface area contributed by atoms with Crippen LogP contribution in [-0.4, -0.2) is 39.0 Å². The van der Waals surface area contributed by atoms with Crippen molar-refractivity contribution in [2.75, 3.05) is 17.7 Å². The molecular weight excluding hydrogens is 456 g/mol. The molecule has 1 aliphatic rings. The molecule has 1 saturated carbocycles. The first kappa shape index (κ1) is 23.5. The first-order valence-corrected chi connectivity index (χ1v) is 13.1. The van der Waals surface area contributed by atoms with E-state index >= 15 is 0 Å². The molecule has 1 aromatic carbocycles. The zero-order chi connectivity index (χ0) is 23.4. The fourth-order valence-electron chi connectivity index (χ4n) is 3.89. The summed E-state index contributed by atoms with van der Waals surface area (Å²) in [6, 6.07) is 12.3. The molecule has 1 aliphatic carbocycles. The molecule has 2 unspecified atom stereocenters. The van der Waals surface area contributed by atoms with Crippen LogP contribution in [0.2, 0.25) is 0 Å². The Labute approximate surface area is 201 Å². The van der Waals surface area contributed by atoms with E-state index in [2.05, 4.69) is 51.3 Å². The number of nitrogens with one attached hydrogen (secondary N) is 1. The van der Waals surface area contributed by atoms with Gasteiger partial charge < -0.3 is 14.6 Å². The standard InChI is InChI=1S/C24H28N4O3S2/c1-4-16-12-19(23(30)31-6-3)22(33-16)25-20(29)14-32-24-27-26-21(28(24)5-2)18-13-17(18)15-10-8-7-9-11-15/h7-12,17-18H,4-6,13-14H2,1-3H3,(H,25,29). The molecule has 0 saturated heterocycles. The van der Waals surface area contributed by atoms with Crippen LogP contribution in [0, 0.1) is 0 Å². The number of benzene rings is 1. The van der Waals surface area contributed by atoms with Gasteiger partial charge in [0.05, 0.1) is 17.9 Å². The molecule has 4 rings (SSSR count). The van der Waals surface area contributed by atoms with E-state index in [0.29, 0.717) is 29.0 Å². The number of thioether (sulfide) groups is 1. The van der Waals surface area contributed by atoms with E-state index in [4.69, 9.17) is 4.74 Å². The van der Waals surface area contributed by atoms with Crippen molar-refractivity contribution in [3.8, 4) is 0 Å². The van der Waals surface area contributed by atoms with Gasteiger partial charge in [-0.25, -0.2) is 4.79 Å². The summed E-state index contributed by atoms with van der Waals surface area (Å²) in [4.78, 5) is 25.9. The number of thiophene rings is 1. The number of esters is 1. The molecule has 2 atom stereocenters. The molecule has 7 nitrogen and oxygen atoms in total. The van der Waals surface area contributed by atoms with E-state index in [1.165, 1.54) is 28.7 Å². The maximum absolute atomic E-state index is 12.7. The van der Waals surface area contributed by atoms with Crippen LogP contribution >= 0.6 is 23.1 Å². The summed E-state index contributed by atoms with van der Waals surface area (Å²) in [5.74, 6) is 1.43. The second-order valence-corrected chi connectivity index (χ2v) is 9.89. The fourth-order valence-corrected chi connectivity index (χ4v) is 5.70. The Bertz CT molecular complexity index is 1130. The minimum absolute atomic E-state index is 0.184. The van der Waals surface area contributed by atoms with Crippen LogP contribution in [0.4, 0.5) is 5.00 Å². The van der Waals surface area contributed by atoms with Gasteiger partial charge in [-0.15, -0.1) is 21.5 Å². The SMILES string of the molecule is CCOC(=O)c1cc(CC)sc1NC(=O)CSc1nnc(C2CC2c2ccccc2)n1CC. The van der Waals surface area contributed by atoms with Crippen molar-refractivity contribution in [1.29, 1.82) is 0 Å². The summed E-state index contributed by atoms with van der Waals surface area (Å²) >= 11 is 2.78. The smallest absolute Gasteiger partial charge is 0.341 e. The molecular formula is C24H28N4O3S2. The fraction of sp³-hybridized carbons (Fsp3) is 0.417. The van der Waals surface area contributed by atoms with Crippen LogP contribution < -0.4 is 5.32 Å². The van der Waals surface area contributed by atoms with Crippen molar-refractivity contribution in [3.63, 3.8) is 0 Å². The van der Waals surface area contributed by atoms with Crippen molar-refractivity contribution in [3.05, 3.63) is 58.2 Å². The number of carbonyl (C=O) groups is 2. The van der Waals surface area contributed by atoms with Gasteiger partial charge >= 0.3 is 5.97 Å². The van der Waals surface area contributed by atoms with E-state index in [0.717, 1.165) is 35.2 Å². The van der Waals surface area contributed by atoms with Crippen LogP contribution in [0.25, 0.3) is 0 Å². The van der Waals surface area contributed by atoms with Gasteiger partial charge in [0, 0.05) is 17.3 Å². The van der Waals surface area contributed by atoms with Crippen molar-refractivity contribution < 1.29 is 14.3 Å². The van der Waals surface area contributed by atoms with Gasteiger partial charge in [0.25, 0.3) is 0 Å². The number of anilines is 1. The molecule has 3 aromatic rings. The number of nitrogens with zero attached hydrogens (tertiary/aromatic N) is 3. The summed E-state index contributed by atoms with van der Waals surface area (Å²) in [7, 11) is 0. The van der Waals surface area contributed by atoms with Crippen molar-refractivity contribution >= 4 is 40.0 Å². The summed E-state index contributed by atoms with van der Waals surface area (Å²) in [6.07, 6.45) is 1.86. The van der Waals surface area contributed by atoms with E-state index in [1.54, 1.807) is 13.0 Å². The third-order valence-electron chi connectivity index (χ3n) is 5.62. The molecule has 0 aliphatic heterocycles. The predicted molar refractivity (Wildman–Crippen MR) is 131 cm³/mol. The first-order chi connectivity index (χ1) is 16.0. The number of ether oxygens (including phenoxy) is 1. The lowest BCUT2D eigenvalue weighted by atomic mass is 10.1. The maximum Gasteiger partial charge on any atom is 0.341 e. The summed E-state index contributed by atoms with van der Waals surface area (Å²) in [5, 5.41) is 13.0. The Morgan fingerprint density at radius 3 is 2.67 bits per heavy atom. The normalized spacial score (nSPS) is 17.1. The lowest BCUT2D eigenvalue weighted by Gasteiger charge is -2.08. The second kappa shape index (κ2) is 10.5. The summed E-state index contributed by atoms with van der Waals surface area (Å²) in [6.45, 7) is 6.89. The molecule has 0 bridgehead atoms. The topological polar surface area (TPSA) is 86.1 Å². The Morgan fingerprint density at radius 1 is 1.18 bits per heavy atom. The zero-order valence-electron chi connectivity index (χ0n) is 19.0. The second-order valence-electron chi connectivity index (χ2n) is 7.81. The molecule has 2 aromatic heterocycles. The van der Waals surface area contributed by atoms with Gasteiger partial charge in [-0.3, -0.25) is 4.79 Å². The number of rotatable bonds is 10. The molecule has 1 fully saturated rings. The van der Waals surface area contributed by atoms with Gasteiger partial charge in [-0.05, 0) is 44.2 Å². The number of aryl methyl sites for hydroxylation is 1. The first-order valence-electron chi connectivity index (χ1n) is 11.3. The monoisotopic (exact) mass is 484 g/mol. The quantitative estimate of drug-likeness (QED) is 0.318. The van der Waals surface area contributed by atoms with Crippen LogP contribution in [0.3, 0.4) is 0 Å². The van der Waals surface area contributed by atoms with Gasteiger partial charge in [0.15, 0.2) is 5.16 Å². The zero-order valence-corrected chi connectivity index (χ0v) is 20.7. The molecule has 33 heavy (non-hydrogen) atoms. The minimum Gasteiger partial charge on any atom is -0.462 e. The maximum atomic E-state index is 12.7. The van der Waals surface area contributed by atoms with Gasteiger partial charge in [0.2, 0.25) is 5.91 Å². The van der Waals surface area contributed by atoms with Gasteiger partial charge in [-0.1, -0.05) is 49.0 Å². The molecule has 0 radical (unpaired) electrons. The Morgan fingerprint density at radius 2 is 1.97 bits per heavy atom. The van der Waals surface area contributed by atoms with Crippen molar-refractivity contribution in [2.24, 2.45) is 0 Å². The average molecular weight is 485 g/mol. The number of carbonyl (C=O) groups excluding carboxylic acids is 2. The van der Waals surface area contributed by atoms with Gasteiger partial charge in [-0.2, -0.15) is 0 Å². The lowest BCUT2D eigenvalue weighted by Crippen LogP contribution is -2.16. The molecule has 1 amide bonds. The highest BCUT2D eigenvalue weighted by Crippen LogP contribution is 2.54. The molecule has 9 heteroatoms. The molecule has 1 N–H and O–H groups in total. The summed E-state index contributed by atoms with van der Waals surface area (Å²) in [5.41, 5.74) is 1.75. The number of hydrogen-bond donors (Lipinski definition) is 1. The van der Waals surface area contributed by atoms with E-state index in [9.17, 15) is 9.59 Å². The highest BCUT2D eigenvalue weighted by molar-refractivity contribution is 7.99. The van der Waals surface area contributed by atoms with Crippen LogP contribution in [-0.2, 0) is 22.5 Å². The third kappa shape index (κ3) is 5.30. The molecule has 174 valence electrons. The number of amides is 1. The average Bonchev–Trinajstić information content (AvgIpc) is 3.34. The Hall–Kier alpha value is -2.65.